The molecule has 5 heteroatoms. The monoisotopic (exact) mass is 302 g/mol. The second kappa shape index (κ2) is 7.46. The maximum atomic E-state index is 6.05. The minimum Gasteiger partial charge on any atom is -0.385 e. The van der Waals surface area contributed by atoms with E-state index >= 15 is 0 Å². The van der Waals surface area contributed by atoms with Crippen molar-refractivity contribution in [3.63, 3.8) is 0 Å². The van der Waals surface area contributed by atoms with Crippen LogP contribution in [0, 0.1) is 0 Å². The van der Waals surface area contributed by atoms with Crippen LogP contribution in [0.1, 0.15) is 12.0 Å². The van der Waals surface area contributed by atoms with Crippen LogP contribution in [-0.2, 0) is 11.3 Å². The Morgan fingerprint density at radius 2 is 2.21 bits per heavy atom. The van der Waals surface area contributed by atoms with E-state index in [0.29, 0.717) is 16.1 Å². The summed E-state index contributed by atoms with van der Waals surface area (Å²) in [6, 6.07) is 6.37. The highest BCUT2D eigenvalue weighted by molar-refractivity contribution is 6.42. The number of hydrogen-bond acceptors (Lipinski definition) is 3. The van der Waals surface area contributed by atoms with Crippen molar-refractivity contribution < 1.29 is 4.74 Å². The Kier molecular flexibility index (Phi) is 5.92. The third kappa shape index (κ3) is 4.62. The normalized spacial score (nSPS) is 20.7. The number of methoxy groups -OCH3 is 1. The number of nitrogens with one attached hydrogen (secondary N) is 1. The summed E-state index contributed by atoms with van der Waals surface area (Å²) in [6.07, 6.45) is 1.05. The van der Waals surface area contributed by atoms with E-state index in [1.54, 1.807) is 7.11 Å². The zero-order chi connectivity index (χ0) is 13.7. The maximum Gasteiger partial charge on any atom is 0.0595 e. The first-order valence-electron chi connectivity index (χ1n) is 6.57. The van der Waals surface area contributed by atoms with Crippen LogP contribution in [0.25, 0.3) is 0 Å². The highest BCUT2D eigenvalue weighted by Gasteiger charge is 2.19. The topological polar surface area (TPSA) is 24.5 Å². The van der Waals surface area contributed by atoms with Gasteiger partial charge in [-0.05, 0) is 24.1 Å². The molecule has 1 atom stereocenters. The van der Waals surface area contributed by atoms with Crippen molar-refractivity contribution in [2.75, 3.05) is 33.4 Å². The average Bonchev–Trinajstić information content (AvgIpc) is 2.41. The zero-order valence-corrected chi connectivity index (χ0v) is 12.7. The molecule has 19 heavy (non-hydrogen) atoms. The first-order chi connectivity index (χ1) is 9.19. The van der Waals surface area contributed by atoms with Gasteiger partial charge < -0.3 is 10.1 Å². The van der Waals surface area contributed by atoms with E-state index in [-0.39, 0.29) is 0 Å². The summed E-state index contributed by atoms with van der Waals surface area (Å²) < 4.78 is 5.14. The molecule has 1 N–H and O–H groups in total. The molecule has 106 valence electrons. The van der Waals surface area contributed by atoms with E-state index in [0.717, 1.165) is 39.2 Å². The number of nitrogens with zero attached hydrogens (tertiary/aromatic N) is 1. The van der Waals surface area contributed by atoms with Crippen molar-refractivity contribution in [1.29, 1.82) is 0 Å². The second-order valence-corrected chi connectivity index (χ2v) is 5.73. The Labute approximate surface area is 124 Å². The van der Waals surface area contributed by atoms with Gasteiger partial charge in [-0.25, -0.2) is 0 Å². The quantitative estimate of drug-likeness (QED) is 0.905. The Balaban J connectivity index is 1.89. The lowest BCUT2D eigenvalue weighted by atomic mass is 10.1. The Bertz CT molecular complexity index is 414. The molecule has 0 aliphatic carbocycles. The van der Waals surface area contributed by atoms with Gasteiger partial charge in [-0.3, -0.25) is 4.90 Å². The number of piperazine rings is 1. The van der Waals surface area contributed by atoms with Gasteiger partial charge >= 0.3 is 0 Å². The highest BCUT2D eigenvalue weighted by atomic mass is 35.5. The summed E-state index contributed by atoms with van der Waals surface area (Å²) in [5.74, 6) is 0. The van der Waals surface area contributed by atoms with Gasteiger partial charge in [0.15, 0.2) is 0 Å². The fraction of sp³-hybridized carbons (Fsp3) is 0.571. The molecule has 0 spiro atoms. The largest absolute Gasteiger partial charge is 0.385 e. The molecule has 0 aromatic heterocycles. The molecule has 1 saturated heterocycles. The number of rotatable bonds is 5. The van der Waals surface area contributed by atoms with Crippen molar-refractivity contribution in [1.82, 2.24) is 10.2 Å². The van der Waals surface area contributed by atoms with Crippen LogP contribution in [0.5, 0.6) is 0 Å². The summed E-state index contributed by atoms with van der Waals surface area (Å²) in [5.41, 5.74) is 1.21. The van der Waals surface area contributed by atoms with Crippen LogP contribution in [0.4, 0.5) is 0 Å². The number of benzene rings is 1. The maximum absolute atomic E-state index is 6.05. The van der Waals surface area contributed by atoms with Gasteiger partial charge in [0.2, 0.25) is 0 Å². The minimum absolute atomic E-state index is 0.511. The van der Waals surface area contributed by atoms with Crippen LogP contribution in [0.3, 0.4) is 0 Å². The predicted octanol–water partition coefficient (Wildman–Crippen LogP) is 2.80. The third-order valence-corrected chi connectivity index (χ3v) is 4.14. The molecule has 2 rings (SSSR count). The average molecular weight is 303 g/mol. The number of ether oxygens (including phenoxy) is 1. The summed E-state index contributed by atoms with van der Waals surface area (Å²) in [6.45, 7) is 4.85. The van der Waals surface area contributed by atoms with Gasteiger partial charge in [0, 0.05) is 45.9 Å². The molecule has 0 saturated carbocycles. The van der Waals surface area contributed by atoms with E-state index in [1.807, 2.05) is 18.2 Å². The Hall–Kier alpha value is -0.320. The van der Waals surface area contributed by atoms with Crippen LogP contribution < -0.4 is 5.32 Å². The van der Waals surface area contributed by atoms with E-state index in [1.165, 1.54) is 5.56 Å². The predicted molar refractivity (Wildman–Crippen MR) is 80.0 cm³/mol. The van der Waals surface area contributed by atoms with Gasteiger partial charge in [-0.2, -0.15) is 0 Å². The Morgan fingerprint density at radius 1 is 1.37 bits per heavy atom. The lowest BCUT2D eigenvalue weighted by molar-refractivity contribution is 0.144. The molecule has 1 heterocycles. The van der Waals surface area contributed by atoms with E-state index in [4.69, 9.17) is 27.9 Å². The lowest BCUT2D eigenvalue weighted by Gasteiger charge is -2.33. The molecule has 0 radical (unpaired) electrons. The number of halogens is 2. The van der Waals surface area contributed by atoms with Crippen molar-refractivity contribution in [3.05, 3.63) is 33.8 Å². The molecule has 0 unspecified atom stereocenters. The molecule has 0 bridgehead atoms. The van der Waals surface area contributed by atoms with Crippen molar-refractivity contribution in [2.24, 2.45) is 0 Å². The number of hydrogen-bond donors (Lipinski definition) is 1. The molecule has 1 aromatic rings. The molecule has 1 aliphatic heterocycles. The van der Waals surface area contributed by atoms with Gasteiger partial charge in [0.25, 0.3) is 0 Å². The van der Waals surface area contributed by atoms with Crippen molar-refractivity contribution >= 4 is 23.2 Å². The first kappa shape index (κ1) is 15.1. The third-order valence-electron chi connectivity index (χ3n) is 3.40. The van der Waals surface area contributed by atoms with Crippen molar-refractivity contribution in [2.45, 2.75) is 19.0 Å². The SMILES string of the molecule is COCC[C@H]1CN(Cc2ccc(Cl)c(Cl)c2)CCN1. The highest BCUT2D eigenvalue weighted by Crippen LogP contribution is 2.23. The van der Waals surface area contributed by atoms with Crippen LogP contribution in [0.2, 0.25) is 10.0 Å². The summed E-state index contributed by atoms with van der Waals surface area (Å²) in [7, 11) is 1.75. The summed E-state index contributed by atoms with van der Waals surface area (Å²) in [5, 5.41) is 4.77. The van der Waals surface area contributed by atoms with E-state index in [9.17, 15) is 0 Å². The Morgan fingerprint density at radius 3 is 2.95 bits per heavy atom. The molecule has 1 fully saturated rings. The minimum atomic E-state index is 0.511. The van der Waals surface area contributed by atoms with Crippen LogP contribution in [-0.4, -0.2) is 44.3 Å². The van der Waals surface area contributed by atoms with Gasteiger partial charge in [-0.15, -0.1) is 0 Å². The fourth-order valence-corrected chi connectivity index (χ4v) is 2.71. The molecule has 1 aromatic carbocycles. The van der Waals surface area contributed by atoms with Gasteiger partial charge in [0.1, 0.15) is 0 Å². The smallest absolute Gasteiger partial charge is 0.0595 e. The first-order valence-corrected chi connectivity index (χ1v) is 7.33. The second-order valence-electron chi connectivity index (χ2n) is 4.92. The fourth-order valence-electron chi connectivity index (χ4n) is 2.39. The molecular weight excluding hydrogens is 283 g/mol. The summed E-state index contributed by atoms with van der Waals surface area (Å²) >= 11 is 12.0. The van der Waals surface area contributed by atoms with Crippen LogP contribution >= 0.6 is 23.2 Å². The van der Waals surface area contributed by atoms with E-state index in [2.05, 4.69) is 10.2 Å². The zero-order valence-electron chi connectivity index (χ0n) is 11.2. The molecule has 0 amide bonds. The van der Waals surface area contributed by atoms with Crippen molar-refractivity contribution in [3.8, 4) is 0 Å². The van der Waals surface area contributed by atoms with Gasteiger partial charge in [-0.1, -0.05) is 29.3 Å². The molecule has 1 aliphatic rings. The summed E-state index contributed by atoms with van der Waals surface area (Å²) in [4.78, 5) is 2.44. The molecule has 3 nitrogen and oxygen atoms in total. The lowest BCUT2D eigenvalue weighted by Crippen LogP contribution is -2.50. The van der Waals surface area contributed by atoms with Crippen LogP contribution in [0.15, 0.2) is 18.2 Å². The molecular formula is C14H20Cl2N2O. The van der Waals surface area contributed by atoms with Gasteiger partial charge in [0.05, 0.1) is 10.0 Å². The standard InChI is InChI=1S/C14H20Cl2N2O/c1-19-7-4-12-10-18(6-5-17-12)9-11-2-3-13(15)14(16)8-11/h2-3,8,12,17H,4-7,9-10H2,1H3/t12-/m0/s1. The van der Waals surface area contributed by atoms with E-state index < -0.39 is 0 Å².